The highest BCUT2D eigenvalue weighted by atomic mass is 16.6. The van der Waals surface area contributed by atoms with E-state index in [1.54, 1.807) is 0 Å². The van der Waals surface area contributed by atoms with Crippen LogP contribution in [0, 0.1) is 0 Å². The van der Waals surface area contributed by atoms with Crippen molar-refractivity contribution < 1.29 is 28.6 Å². The molecule has 0 aromatic carbocycles. The maximum Gasteiger partial charge on any atom is 0.306 e. The van der Waals surface area contributed by atoms with Crippen molar-refractivity contribution in [1.29, 1.82) is 0 Å². The maximum absolute atomic E-state index is 12.8. The fourth-order valence-corrected chi connectivity index (χ4v) is 7.48. The molecule has 0 aliphatic heterocycles. The van der Waals surface area contributed by atoms with Crippen LogP contribution in [0.2, 0.25) is 0 Å². The molecule has 0 radical (unpaired) electrons. The molecule has 0 rings (SSSR count). The number of carbonyl (C=O) groups is 3. The second-order valence-electron chi connectivity index (χ2n) is 18.5. The summed E-state index contributed by atoms with van der Waals surface area (Å²) in [6, 6.07) is 0. The zero-order valence-electron chi connectivity index (χ0n) is 44.8. The van der Waals surface area contributed by atoms with Crippen LogP contribution in [-0.2, 0) is 28.6 Å². The number of hydrogen-bond acceptors (Lipinski definition) is 6. The summed E-state index contributed by atoms with van der Waals surface area (Å²) < 4.78 is 16.8. The minimum absolute atomic E-state index is 0.109. The molecule has 0 aliphatic carbocycles. The molecule has 392 valence electrons. The average molecular weight is 958 g/mol. The highest BCUT2D eigenvalue weighted by molar-refractivity contribution is 5.71. The molecule has 69 heavy (non-hydrogen) atoms. The van der Waals surface area contributed by atoms with Gasteiger partial charge < -0.3 is 14.2 Å². The van der Waals surface area contributed by atoms with Gasteiger partial charge in [0.05, 0.1) is 0 Å². The van der Waals surface area contributed by atoms with Crippen LogP contribution in [0.1, 0.15) is 252 Å². The van der Waals surface area contributed by atoms with Gasteiger partial charge in [0.1, 0.15) is 13.2 Å². The predicted octanol–water partition coefficient (Wildman–Crippen LogP) is 19.1. The topological polar surface area (TPSA) is 78.9 Å². The van der Waals surface area contributed by atoms with Crippen LogP contribution in [-0.4, -0.2) is 37.2 Å². The van der Waals surface area contributed by atoms with E-state index < -0.39 is 6.10 Å². The van der Waals surface area contributed by atoms with E-state index in [1.807, 2.05) is 0 Å². The first-order valence-corrected chi connectivity index (χ1v) is 28.4. The van der Waals surface area contributed by atoms with Crippen molar-refractivity contribution in [2.24, 2.45) is 0 Å². The summed E-state index contributed by atoms with van der Waals surface area (Å²) >= 11 is 0. The molecular formula is C63H104O6. The number of ether oxygens (including phenoxy) is 3. The molecule has 0 unspecified atom stereocenters. The number of hydrogen-bond donors (Lipinski definition) is 0. The lowest BCUT2D eigenvalue weighted by Crippen LogP contribution is -2.30. The Labute approximate surface area is 425 Å². The molecule has 6 heteroatoms. The highest BCUT2D eigenvalue weighted by Crippen LogP contribution is 2.14. The van der Waals surface area contributed by atoms with Crippen LogP contribution in [0.4, 0.5) is 0 Å². The summed E-state index contributed by atoms with van der Waals surface area (Å²) in [5, 5.41) is 0. The van der Waals surface area contributed by atoms with Gasteiger partial charge in [-0.15, -0.1) is 0 Å². The Morgan fingerprint density at radius 1 is 0.304 bits per heavy atom. The Hall–Kier alpha value is -3.93. The normalized spacial score (nSPS) is 12.9. The summed E-state index contributed by atoms with van der Waals surface area (Å²) in [6.07, 6.45) is 76.5. The number of allylic oxidation sites excluding steroid dienone is 18. The molecule has 6 nitrogen and oxygen atoms in total. The van der Waals surface area contributed by atoms with Gasteiger partial charge in [0.15, 0.2) is 6.10 Å². The third-order valence-corrected chi connectivity index (χ3v) is 11.7. The summed E-state index contributed by atoms with van der Waals surface area (Å²) in [5.41, 5.74) is 0. The highest BCUT2D eigenvalue weighted by Gasteiger charge is 2.19. The largest absolute Gasteiger partial charge is 0.462 e. The van der Waals surface area contributed by atoms with Crippen molar-refractivity contribution >= 4 is 17.9 Å². The lowest BCUT2D eigenvalue weighted by atomic mass is 10.1. The average Bonchev–Trinajstić information content (AvgIpc) is 3.35. The molecular weight excluding hydrogens is 853 g/mol. The van der Waals surface area contributed by atoms with Crippen LogP contribution >= 0.6 is 0 Å². The van der Waals surface area contributed by atoms with E-state index in [0.29, 0.717) is 19.3 Å². The number of rotatable bonds is 50. The first kappa shape index (κ1) is 65.1. The smallest absolute Gasteiger partial charge is 0.306 e. The first-order valence-electron chi connectivity index (χ1n) is 28.4. The zero-order chi connectivity index (χ0) is 50.0. The number of esters is 3. The van der Waals surface area contributed by atoms with Gasteiger partial charge in [-0.3, -0.25) is 14.4 Å². The Kier molecular flexibility index (Phi) is 53.4. The van der Waals surface area contributed by atoms with E-state index in [1.165, 1.54) is 96.3 Å². The summed E-state index contributed by atoms with van der Waals surface area (Å²) in [5.74, 6) is -0.986. The van der Waals surface area contributed by atoms with Crippen LogP contribution in [0.5, 0.6) is 0 Å². The minimum atomic E-state index is -0.818. The van der Waals surface area contributed by atoms with Crippen LogP contribution in [0.3, 0.4) is 0 Å². The van der Waals surface area contributed by atoms with Gasteiger partial charge in [-0.1, -0.05) is 220 Å². The lowest BCUT2D eigenvalue weighted by molar-refractivity contribution is -0.167. The maximum atomic E-state index is 12.8. The third kappa shape index (κ3) is 54.9. The van der Waals surface area contributed by atoms with Crippen LogP contribution < -0.4 is 0 Å². The Morgan fingerprint density at radius 3 is 0.928 bits per heavy atom. The van der Waals surface area contributed by atoms with Gasteiger partial charge in [0.25, 0.3) is 0 Å². The van der Waals surface area contributed by atoms with Crippen molar-refractivity contribution in [3.8, 4) is 0 Å². The van der Waals surface area contributed by atoms with Gasteiger partial charge >= 0.3 is 17.9 Å². The van der Waals surface area contributed by atoms with Crippen LogP contribution in [0.15, 0.2) is 109 Å². The van der Waals surface area contributed by atoms with Crippen molar-refractivity contribution in [2.45, 2.75) is 258 Å². The van der Waals surface area contributed by atoms with E-state index in [-0.39, 0.29) is 37.5 Å². The van der Waals surface area contributed by atoms with Crippen molar-refractivity contribution in [3.05, 3.63) is 109 Å². The molecule has 0 amide bonds. The second kappa shape index (κ2) is 56.7. The molecule has 0 aliphatic rings. The second-order valence-corrected chi connectivity index (χ2v) is 18.5. The van der Waals surface area contributed by atoms with E-state index in [9.17, 15) is 14.4 Å². The molecule has 0 aromatic rings. The van der Waals surface area contributed by atoms with Crippen molar-refractivity contribution in [3.63, 3.8) is 0 Å². The molecule has 0 bridgehead atoms. The quantitative estimate of drug-likeness (QED) is 0.0262. The molecule has 0 spiro atoms. The number of unbranched alkanes of at least 4 members (excludes halogenated alkanes) is 21. The van der Waals surface area contributed by atoms with Crippen molar-refractivity contribution in [1.82, 2.24) is 0 Å². The molecule has 0 heterocycles. The molecule has 0 saturated heterocycles. The SMILES string of the molecule is CC/C=C\C/C=C\C/C=C\C/C=C\C/C=C\CCCC(=O)O[C@H](COC(=O)CCCCCCC/C=C\C/C=C\CCCCC)COC(=O)CCCCCCCCCCC/C=C\C/C=C\CCCCC. The lowest BCUT2D eigenvalue weighted by Gasteiger charge is -2.18. The Morgan fingerprint density at radius 2 is 0.580 bits per heavy atom. The molecule has 0 N–H and O–H groups in total. The standard InChI is InChI=1S/C63H104O6/c1-4-7-10-13-16-19-22-25-28-30-31-33-35-38-41-44-47-50-53-56-62(65)68-59-60(58-67-61(64)55-52-49-46-43-40-37-34-27-24-21-18-15-12-9-6-3)69-63(66)57-54-51-48-45-42-39-36-32-29-26-23-20-17-14-11-8-5-2/h8,11,16-21,25-29,34,36,39,45,48,60H,4-7,9-10,12-15,22-24,30-33,35,37-38,40-44,46-47,49-59H2,1-3H3/b11-8-,19-16-,20-17-,21-18-,28-25-,29-26-,34-27-,39-36-,48-45-/t60-/m1/s1. The fraction of sp³-hybridized carbons (Fsp3) is 0.667. The minimum Gasteiger partial charge on any atom is -0.462 e. The molecule has 1 atom stereocenters. The van der Waals surface area contributed by atoms with E-state index in [0.717, 1.165) is 109 Å². The molecule has 0 fully saturated rings. The van der Waals surface area contributed by atoms with Gasteiger partial charge in [0.2, 0.25) is 0 Å². The van der Waals surface area contributed by atoms with E-state index >= 15 is 0 Å². The molecule has 0 saturated carbocycles. The van der Waals surface area contributed by atoms with Gasteiger partial charge in [-0.2, -0.15) is 0 Å². The van der Waals surface area contributed by atoms with Crippen molar-refractivity contribution in [2.75, 3.05) is 13.2 Å². The zero-order valence-corrected chi connectivity index (χ0v) is 44.8. The summed E-state index contributed by atoms with van der Waals surface area (Å²) in [6.45, 7) is 6.41. The number of carbonyl (C=O) groups excluding carboxylic acids is 3. The fourth-order valence-electron chi connectivity index (χ4n) is 7.48. The Bertz CT molecular complexity index is 1420. The third-order valence-electron chi connectivity index (χ3n) is 11.7. The first-order chi connectivity index (χ1) is 34.0. The van der Waals surface area contributed by atoms with Gasteiger partial charge in [-0.25, -0.2) is 0 Å². The van der Waals surface area contributed by atoms with E-state index in [2.05, 4.69) is 130 Å². The molecule has 0 aromatic heterocycles. The van der Waals surface area contributed by atoms with E-state index in [4.69, 9.17) is 14.2 Å². The van der Waals surface area contributed by atoms with Gasteiger partial charge in [-0.05, 0) is 122 Å². The predicted molar refractivity (Wildman–Crippen MR) is 297 cm³/mol. The monoisotopic (exact) mass is 957 g/mol. The Balaban J connectivity index is 4.50. The summed E-state index contributed by atoms with van der Waals surface area (Å²) in [7, 11) is 0. The van der Waals surface area contributed by atoms with Crippen LogP contribution in [0.25, 0.3) is 0 Å². The summed E-state index contributed by atoms with van der Waals surface area (Å²) in [4.78, 5) is 38.1. The van der Waals surface area contributed by atoms with Gasteiger partial charge in [0, 0.05) is 19.3 Å².